The maximum atomic E-state index is 13.2. The number of piperazine rings is 1. The van der Waals surface area contributed by atoms with Gasteiger partial charge in [0.15, 0.2) is 5.58 Å². The standard InChI is InChI=1S/C20H22N4O4/c1-2-21-7-9-22(10-8-21)20(25)18-13-19-17(6-11-28-19)23(18)14-15-4-3-5-16(12-15)24(26)27/h3-6,11-13H,2,7-10,14H2,1H3. The minimum absolute atomic E-state index is 0.0346. The highest BCUT2D eigenvalue weighted by molar-refractivity contribution is 5.97. The van der Waals surface area contributed by atoms with Crippen molar-refractivity contribution >= 4 is 22.7 Å². The van der Waals surface area contributed by atoms with Crippen molar-refractivity contribution in [2.45, 2.75) is 13.5 Å². The molecule has 0 N–H and O–H groups in total. The van der Waals surface area contributed by atoms with E-state index in [0.717, 1.165) is 30.7 Å². The molecule has 1 aliphatic rings. The highest BCUT2D eigenvalue weighted by Crippen LogP contribution is 2.25. The molecular weight excluding hydrogens is 360 g/mol. The predicted molar refractivity (Wildman–Crippen MR) is 104 cm³/mol. The second-order valence-corrected chi connectivity index (χ2v) is 6.94. The van der Waals surface area contributed by atoms with Crippen molar-refractivity contribution in [3.63, 3.8) is 0 Å². The summed E-state index contributed by atoms with van der Waals surface area (Å²) in [6.45, 7) is 6.58. The number of carbonyl (C=O) groups excluding carboxylic acids is 1. The normalized spacial score (nSPS) is 15.2. The van der Waals surface area contributed by atoms with Crippen LogP contribution in [-0.4, -0.2) is 57.9 Å². The monoisotopic (exact) mass is 382 g/mol. The van der Waals surface area contributed by atoms with Gasteiger partial charge in [-0.1, -0.05) is 19.1 Å². The molecule has 0 spiro atoms. The van der Waals surface area contributed by atoms with Crippen LogP contribution >= 0.6 is 0 Å². The Labute approximate surface area is 162 Å². The topological polar surface area (TPSA) is 84.8 Å². The fraction of sp³-hybridized carbons (Fsp3) is 0.350. The van der Waals surface area contributed by atoms with Crippen molar-refractivity contribution in [3.8, 4) is 0 Å². The van der Waals surface area contributed by atoms with Crippen molar-refractivity contribution in [1.82, 2.24) is 14.4 Å². The first-order chi connectivity index (χ1) is 13.6. The lowest BCUT2D eigenvalue weighted by Crippen LogP contribution is -2.48. The van der Waals surface area contributed by atoms with E-state index >= 15 is 0 Å². The van der Waals surface area contributed by atoms with E-state index in [9.17, 15) is 14.9 Å². The number of likely N-dealkylation sites (N-methyl/N-ethyl adjacent to an activating group) is 1. The largest absolute Gasteiger partial charge is 0.463 e. The Balaban J connectivity index is 1.65. The van der Waals surface area contributed by atoms with Gasteiger partial charge in [-0.2, -0.15) is 0 Å². The van der Waals surface area contributed by atoms with Gasteiger partial charge in [-0.25, -0.2) is 0 Å². The number of nitro benzene ring substituents is 1. The summed E-state index contributed by atoms with van der Waals surface area (Å²) >= 11 is 0. The molecule has 0 saturated carbocycles. The lowest BCUT2D eigenvalue weighted by Gasteiger charge is -2.34. The van der Waals surface area contributed by atoms with E-state index in [1.165, 1.54) is 6.07 Å². The number of carbonyl (C=O) groups is 1. The minimum Gasteiger partial charge on any atom is -0.463 e. The van der Waals surface area contributed by atoms with E-state index in [1.807, 2.05) is 21.6 Å². The molecule has 4 rings (SSSR count). The van der Waals surface area contributed by atoms with Gasteiger partial charge in [0.25, 0.3) is 11.6 Å². The predicted octanol–water partition coefficient (Wildman–Crippen LogP) is 2.97. The van der Waals surface area contributed by atoms with Crippen LogP contribution in [0.4, 0.5) is 5.69 Å². The van der Waals surface area contributed by atoms with Gasteiger partial charge in [-0.3, -0.25) is 14.9 Å². The molecule has 3 aromatic rings. The summed E-state index contributed by atoms with van der Waals surface area (Å²) in [6, 6.07) is 10.1. The molecule has 1 amide bonds. The molecule has 0 unspecified atom stereocenters. The first-order valence-corrected chi connectivity index (χ1v) is 9.38. The van der Waals surface area contributed by atoms with E-state index in [-0.39, 0.29) is 11.6 Å². The lowest BCUT2D eigenvalue weighted by molar-refractivity contribution is -0.384. The fourth-order valence-electron chi connectivity index (χ4n) is 3.70. The van der Waals surface area contributed by atoms with Gasteiger partial charge >= 0.3 is 0 Å². The Bertz CT molecular complexity index is 1010. The number of nitrogens with zero attached hydrogens (tertiary/aromatic N) is 4. The van der Waals surface area contributed by atoms with E-state index in [0.29, 0.717) is 30.9 Å². The maximum absolute atomic E-state index is 13.2. The van der Waals surface area contributed by atoms with Crippen molar-refractivity contribution in [2.24, 2.45) is 0 Å². The maximum Gasteiger partial charge on any atom is 0.270 e. The molecule has 1 aromatic carbocycles. The highest BCUT2D eigenvalue weighted by atomic mass is 16.6. The molecule has 28 heavy (non-hydrogen) atoms. The molecule has 0 aliphatic carbocycles. The molecule has 0 radical (unpaired) electrons. The zero-order valence-electron chi connectivity index (χ0n) is 15.7. The van der Waals surface area contributed by atoms with Crippen LogP contribution in [0.25, 0.3) is 11.1 Å². The first-order valence-electron chi connectivity index (χ1n) is 9.38. The van der Waals surface area contributed by atoms with E-state index in [1.54, 1.807) is 24.5 Å². The number of aromatic nitrogens is 1. The van der Waals surface area contributed by atoms with Crippen molar-refractivity contribution < 1.29 is 14.1 Å². The number of amides is 1. The quantitative estimate of drug-likeness (QED) is 0.500. The van der Waals surface area contributed by atoms with E-state index in [2.05, 4.69) is 11.8 Å². The first kappa shape index (κ1) is 18.2. The number of fused-ring (bicyclic) bond motifs is 1. The van der Waals surface area contributed by atoms with Crippen molar-refractivity contribution in [2.75, 3.05) is 32.7 Å². The third-order valence-corrected chi connectivity index (χ3v) is 5.31. The molecule has 0 bridgehead atoms. The molecule has 8 nitrogen and oxygen atoms in total. The van der Waals surface area contributed by atoms with Gasteiger partial charge < -0.3 is 18.8 Å². The molecule has 2 aromatic heterocycles. The summed E-state index contributed by atoms with van der Waals surface area (Å²) in [7, 11) is 0. The van der Waals surface area contributed by atoms with Crippen LogP contribution in [0.5, 0.6) is 0 Å². The Morgan fingerprint density at radius 2 is 1.96 bits per heavy atom. The van der Waals surface area contributed by atoms with Crippen LogP contribution in [0.1, 0.15) is 23.0 Å². The van der Waals surface area contributed by atoms with Crippen molar-refractivity contribution in [1.29, 1.82) is 0 Å². The number of non-ortho nitro benzene ring substituents is 1. The zero-order valence-corrected chi connectivity index (χ0v) is 15.7. The molecule has 146 valence electrons. The number of benzene rings is 1. The number of hydrogen-bond donors (Lipinski definition) is 0. The molecule has 1 saturated heterocycles. The average molecular weight is 382 g/mol. The lowest BCUT2D eigenvalue weighted by atomic mass is 10.2. The van der Waals surface area contributed by atoms with Gasteiger partial charge in [-0.15, -0.1) is 0 Å². The Kier molecular flexibility index (Phi) is 4.87. The van der Waals surface area contributed by atoms with Crippen LogP contribution in [0.2, 0.25) is 0 Å². The SMILES string of the molecule is CCN1CCN(C(=O)c2cc3occc3n2Cc2cccc([N+](=O)[O-])c2)CC1. The Morgan fingerprint density at radius 3 is 2.68 bits per heavy atom. The Hall–Kier alpha value is -3.13. The van der Waals surface area contributed by atoms with Crippen LogP contribution in [0, 0.1) is 10.1 Å². The van der Waals surface area contributed by atoms with Gasteiger partial charge in [0.1, 0.15) is 5.69 Å². The fourth-order valence-corrected chi connectivity index (χ4v) is 3.70. The third kappa shape index (κ3) is 3.38. The minimum atomic E-state index is -0.411. The van der Waals surface area contributed by atoms with Gasteiger partial charge in [0.2, 0.25) is 0 Å². The summed E-state index contributed by atoms with van der Waals surface area (Å²) in [5, 5.41) is 11.1. The van der Waals surface area contributed by atoms with E-state index in [4.69, 9.17) is 4.42 Å². The Morgan fingerprint density at radius 1 is 1.18 bits per heavy atom. The van der Waals surface area contributed by atoms with Crippen LogP contribution in [0.3, 0.4) is 0 Å². The summed E-state index contributed by atoms with van der Waals surface area (Å²) in [5.41, 5.74) is 2.79. The third-order valence-electron chi connectivity index (χ3n) is 5.31. The van der Waals surface area contributed by atoms with Crippen molar-refractivity contribution in [3.05, 3.63) is 64.0 Å². The number of hydrogen-bond acceptors (Lipinski definition) is 5. The number of furan rings is 1. The van der Waals surface area contributed by atoms with Gasteiger partial charge in [0.05, 0.1) is 16.7 Å². The van der Waals surface area contributed by atoms with E-state index < -0.39 is 4.92 Å². The van der Waals surface area contributed by atoms with Gasteiger partial charge in [-0.05, 0) is 12.1 Å². The summed E-state index contributed by atoms with van der Waals surface area (Å²) in [6.07, 6.45) is 1.59. The second kappa shape index (κ2) is 7.47. The van der Waals surface area contributed by atoms with Crippen LogP contribution in [-0.2, 0) is 6.54 Å². The summed E-state index contributed by atoms with van der Waals surface area (Å²) < 4.78 is 7.38. The van der Waals surface area contributed by atoms with Gasteiger partial charge in [0, 0.05) is 57.0 Å². The molecule has 3 heterocycles. The average Bonchev–Trinajstić information content (AvgIpc) is 3.30. The summed E-state index contributed by atoms with van der Waals surface area (Å²) in [4.78, 5) is 28.0. The highest BCUT2D eigenvalue weighted by Gasteiger charge is 2.25. The second-order valence-electron chi connectivity index (χ2n) is 6.94. The van der Waals surface area contributed by atoms with Crippen LogP contribution < -0.4 is 0 Å². The van der Waals surface area contributed by atoms with Crippen LogP contribution in [0.15, 0.2) is 47.1 Å². The molecule has 0 atom stereocenters. The number of nitro groups is 1. The number of rotatable bonds is 5. The molecule has 1 fully saturated rings. The summed E-state index contributed by atoms with van der Waals surface area (Å²) in [5.74, 6) is -0.0346. The smallest absolute Gasteiger partial charge is 0.270 e. The molecular formula is C20H22N4O4. The molecule has 8 heteroatoms. The molecule has 1 aliphatic heterocycles. The zero-order chi connectivity index (χ0) is 19.7.